The van der Waals surface area contributed by atoms with E-state index in [0.717, 1.165) is 19.5 Å². The number of nitrogens with zero attached hydrogens (tertiary/aromatic N) is 2. The van der Waals surface area contributed by atoms with Gasteiger partial charge in [0, 0.05) is 19.1 Å². The third-order valence-corrected chi connectivity index (χ3v) is 5.39. The van der Waals surface area contributed by atoms with Gasteiger partial charge in [-0.25, -0.2) is 0 Å². The van der Waals surface area contributed by atoms with Gasteiger partial charge in [-0.05, 0) is 50.9 Å². The van der Waals surface area contributed by atoms with E-state index in [1.165, 1.54) is 38.8 Å². The van der Waals surface area contributed by atoms with Gasteiger partial charge in [0.05, 0.1) is 5.56 Å². The molecule has 3 aliphatic heterocycles. The minimum Gasteiger partial charge on any atom is -0.486 e. The molecular weight excluding hydrogens is 304 g/mol. The first-order valence-corrected chi connectivity index (χ1v) is 9.25. The summed E-state index contributed by atoms with van der Waals surface area (Å²) in [6.07, 6.45) is 6.08. The topological polar surface area (TPSA) is 42.0 Å². The van der Waals surface area contributed by atoms with Crippen LogP contribution in [0.2, 0.25) is 0 Å². The van der Waals surface area contributed by atoms with Gasteiger partial charge >= 0.3 is 0 Å². The van der Waals surface area contributed by atoms with Crippen LogP contribution < -0.4 is 9.47 Å². The maximum absolute atomic E-state index is 13.2. The van der Waals surface area contributed by atoms with Crippen LogP contribution in [-0.2, 0) is 0 Å². The number of hydrogen-bond acceptors (Lipinski definition) is 4. The molecule has 2 fully saturated rings. The number of ether oxygens (including phenoxy) is 2. The van der Waals surface area contributed by atoms with Crippen molar-refractivity contribution in [2.75, 3.05) is 39.4 Å². The number of benzene rings is 1. The smallest absolute Gasteiger partial charge is 0.257 e. The molecule has 130 valence electrons. The highest BCUT2D eigenvalue weighted by Gasteiger charge is 2.30. The Balaban J connectivity index is 1.54. The minimum atomic E-state index is 0.0865. The third kappa shape index (κ3) is 3.09. The van der Waals surface area contributed by atoms with E-state index < -0.39 is 0 Å². The van der Waals surface area contributed by atoms with E-state index in [0.29, 0.717) is 36.3 Å². The first-order valence-electron chi connectivity index (χ1n) is 9.25. The highest BCUT2D eigenvalue weighted by atomic mass is 16.6. The summed E-state index contributed by atoms with van der Waals surface area (Å²) in [7, 11) is 0. The molecule has 1 atom stereocenters. The summed E-state index contributed by atoms with van der Waals surface area (Å²) in [5.41, 5.74) is 0.647. The lowest BCUT2D eigenvalue weighted by molar-refractivity contribution is 0.0704. The van der Waals surface area contributed by atoms with Crippen molar-refractivity contribution in [2.45, 2.75) is 38.1 Å². The van der Waals surface area contributed by atoms with Crippen LogP contribution >= 0.6 is 0 Å². The summed E-state index contributed by atoms with van der Waals surface area (Å²) in [4.78, 5) is 17.8. The predicted octanol–water partition coefficient (Wildman–Crippen LogP) is 2.55. The normalized spacial score (nSPS) is 24.7. The fraction of sp³-hybridized carbons (Fsp3) is 0.632. The quantitative estimate of drug-likeness (QED) is 0.836. The molecule has 0 aromatic heterocycles. The second kappa shape index (κ2) is 7.01. The third-order valence-electron chi connectivity index (χ3n) is 5.39. The molecule has 0 saturated carbocycles. The molecule has 24 heavy (non-hydrogen) atoms. The largest absolute Gasteiger partial charge is 0.486 e. The molecule has 0 unspecified atom stereocenters. The Morgan fingerprint density at radius 2 is 1.79 bits per heavy atom. The molecule has 1 aromatic rings. The lowest BCUT2D eigenvalue weighted by Crippen LogP contribution is -2.44. The second-order valence-electron chi connectivity index (χ2n) is 6.97. The number of likely N-dealkylation sites (tertiary alicyclic amines) is 2. The summed E-state index contributed by atoms with van der Waals surface area (Å²) in [5, 5.41) is 0. The molecule has 0 radical (unpaired) electrons. The average molecular weight is 330 g/mol. The van der Waals surface area contributed by atoms with Crippen molar-refractivity contribution < 1.29 is 14.3 Å². The molecule has 0 aliphatic carbocycles. The van der Waals surface area contributed by atoms with Crippen molar-refractivity contribution in [1.29, 1.82) is 0 Å². The summed E-state index contributed by atoms with van der Waals surface area (Å²) in [6, 6.07) is 6.14. The zero-order chi connectivity index (χ0) is 16.4. The van der Waals surface area contributed by atoms with Crippen molar-refractivity contribution >= 4 is 5.91 Å². The van der Waals surface area contributed by atoms with Crippen LogP contribution in [0.4, 0.5) is 0 Å². The molecule has 0 bridgehead atoms. The molecule has 5 nitrogen and oxygen atoms in total. The predicted molar refractivity (Wildman–Crippen MR) is 91.8 cm³/mol. The zero-order valence-electron chi connectivity index (χ0n) is 14.2. The highest BCUT2D eigenvalue weighted by molar-refractivity contribution is 5.98. The second-order valence-corrected chi connectivity index (χ2v) is 6.97. The first-order chi connectivity index (χ1) is 11.8. The van der Waals surface area contributed by atoms with Gasteiger partial charge in [0.1, 0.15) is 13.2 Å². The lowest BCUT2D eigenvalue weighted by atomic mass is 10.1. The molecule has 3 heterocycles. The summed E-state index contributed by atoms with van der Waals surface area (Å²) < 4.78 is 11.4. The molecule has 0 N–H and O–H groups in total. The van der Waals surface area contributed by atoms with Crippen molar-refractivity contribution in [3.05, 3.63) is 23.8 Å². The maximum atomic E-state index is 13.2. The molecule has 2 saturated heterocycles. The first kappa shape index (κ1) is 15.8. The Bertz CT molecular complexity index is 598. The summed E-state index contributed by atoms with van der Waals surface area (Å²) >= 11 is 0. The molecule has 1 amide bonds. The van der Waals surface area contributed by atoms with Crippen LogP contribution in [0.3, 0.4) is 0 Å². The fourth-order valence-corrected chi connectivity index (χ4v) is 4.12. The van der Waals surface area contributed by atoms with Gasteiger partial charge in [-0.2, -0.15) is 0 Å². The van der Waals surface area contributed by atoms with Crippen molar-refractivity contribution in [3.63, 3.8) is 0 Å². The SMILES string of the molecule is O=C(c1cccc2c1OCCO2)N1CCCC[C@@H](N2CCCC2)C1. The van der Waals surface area contributed by atoms with Crippen molar-refractivity contribution in [1.82, 2.24) is 9.80 Å². The Hall–Kier alpha value is -1.75. The summed E-state index contributed by atoms with van der Waals surface area (Å²) in [6.45, 7) is 5.10. The van der Waals surface area contributed by atoms with Crippen LogP contribution in [0.5, 0.6) is 11.5 Å². The monoisotopic (exact) mass is 330 g/mol. The fourth-order valence-electron chi connectivity index (χ4n) is 4.12. The van der Waals surface area contributed by atoms with E-state index in [2.05, 4.69) is 4.90 Å². The Morgan fingerprint density at radius 1 is 1.00 bits per heavy atom. The van der Waals surface area contributed by atoms with E-state index in [9.17, 15) is 4.79 Å². The van der Waals surface area contributed by atoms with E-state index in [1.54, 1.807) is 0 Å². The van der Waals surface area contributed by atoms with Crippen LogP contribution in [0.1, 0.15) is 42.5 Å². The summed E-state index contributed by atoms with van der Waals surface area (Å²) in [5.74, 6) is 1.40. The molecule has 5 heteroatoms. The van der Waals surface area contributed by atoms with Gasteiger partial charge in [-0.15, -0.1) is 0 Å². The van der Waals surface area contributed by atoms with Crippen LogP contribution in [0, 0.1) is 0 Å². The molecule has 0 spiro atoms. The number of rotatable bonds is 2. The van der Waals surface area contributed by atoms with Gasteiger partial charge < -0.3 is 14.4 Å². The van der Waals surface area contributed by atoms with E-state index >= 15 is 0 Å². The number of hydrogen-bond donors (Lipinski definition) is 0. The number of carbonyl (C=O) groups excluding carboxylic acids is 1. The Morgan fingerprint density at radius 3 is 2.67 bits per heavy atom. The molecule has 3 aliphatic rings. The lowest BCUT2D eigenvalue weighted by Gasteiger charge is -2.31. The molecular formula is C19H26N2O3. The van der Waals surface area contributed by atoms with E-state index in [-0.39, 0.29) is 5.91 Å². The number of fused-ring (bicyclic) bond motifs is 1. The molecule has 4 rings (SSSR count). The van der Waals surface area contributed by atoms with E-state index in [4.69, 9.17) is 9.47 Å². The number of amides is 1. The van der Waals surface area contributed by atoms with Gasteiger partial charge in [0.25, 0.3) is 5.91 Å². The standard InChI is InChI=1S/C19H26N2O3/c22-19(16-7-5-8-17-18(16)24-13-12-23-17)21-11-2-1-6-15(14-21)20-9-3-4-10-20/h5,7-8,15H,1-4,6,9-14H2/t15-/m1/s1. The average Bonchev–Trinajstić information content (AvgIpc) is 3.05. The number of carbonyl (C=O) groups is 1. The maximum Gasteiger partial charge on any atom is 0.257 e. The molecule has 1 aromatic carbocycles. The zero-order valence-corrected chi connectivity index (χ0v) is 14.2. The van der Waals surface area contributed by atoms with Gasteiger partial charge in [0.15, 0.2) is 11.5 Å². The minimum absolute atomic E-state index is 0.0865. The Labute approximate surface area is 143 Å². The van der Waals surface area contributed by atoms with Gasteiger partial charge in [-0.1, -0.05) is 12.5 Å². The van der Waals surface area contributed by atoms with Crippen LogP contribution in [0.25, 0.3) is 0 Å². The van der Waals surface area contributed by atoms with E-state index in [1.807, 2.05) is 23.1 Å². The number of para-hydroxylation sites is 1. The van der Waals surface area contributed by atoms with Gasteiger partial charge in [0.2, 0.25) is 0 Å². The van der Waals surface area contributed by atoms with Crippen LogP contribution in [-0.4, -0.2) is 61.1 Å². The highest BCUT2D eigenvalue weighted by Crippen LogP contribution is 2.34. The van der Waals surface area contributed by atoms with Crippen molar-refractivity contribution in [2.24, 2.45) is 0 Å². The van der Waals surface area contributed by atoms with Gasteiger partial charge in [-0.3, -0.25) is 9.69 Å². The van der Waals surface area contributed by atoms with Crippen LogP contribution in [0.15, 0.2) is 18.2 Å². The van der Waals surface area contributed by atoms with Crippen molar-refractivity contribution in [3.8, 4) is 11.5 Å². The Kier molecular flexibility index (Phi) is 4.60.